The molecule has 1 aliphatic carbocycles. The van der Waals surface area contributed by atoms with Crippen molar-refractivity contribution >= 4 is 5.97 Å². The van der Waals surface area contributed by atoms with E-state index in [2.05, 4.69) is 0 Å². The molecule has 0 unspecified atom stereocenters. The van der Waals surface area contributed by atoms with Gasteiger partial charge in [0.2, 0.25) is 0 Å². The van der Waals surface area contributed by atoms with Crippen LogP contribution in [-0.4, -0.2) is 11.1 Å². The molecule has 0 aliphatic heterocycles. The van der Waals surface area contributed by atoms with Crippen molar-refractivity contribution in [3.05, 3.63) is 35.1 Å². The lowest BCUT2D eigenvalue weighted by molar-refractivity contribution is -0.139. The van der Waals surface area contributed by atoms with Crippen molar-refractivity contribution in [1.29, 1.82) is 0 Å². The molecule has 1 aromatic carbocycles. The van der Waals surface area contributed by atoms with Crippen molar-refractivity contribution in [2.24, 2.45) is 0 Å². The molecule has 1 aliphatic rings. The summed E-state index contributed by atoms with van der Waals surface area (Å²) >= 11 is 0. The zero-order valence-electron chi connectivity index (χ0n) is 9.29. The van der Waals surface area contributed by atoms with Crippen LogP contribution in [-0.2, 0) is 10.2 Å². The number of carboxylic acid groups (broad SMARTS) is 1. The van der Waals surface area contributed by atoms with Crippen LogP contribution < -0.4 is 0 Å². The highest BCUT2D eigenvalue weighted by Crippen LogP contribution is 2.48. The van der Waals surface area contributed by atoms with Crippen LogP contribution in [0.25, 0.3) is 0 Å². The van der Waals surface area contributed by atoms with Crippen molar-refractivity contribution < 1.29 is 14.3 Å². The zero-order valence-corrected chi connectivity index (χ0v) is 9.29. The average Bonchev–Trinajstić information content (AvgIpc) is 2.12. The van der Waals surface area contributed by atoms with Gasteiger partial charge in [-0.3, -0.25) is 4.79 Å². The maximum Gasteiger partial charge on any atom is 0.304 e. The van der Waals surface area contributed by atoms with Crippen LogP contribution in [0.1, 0.15) is 36.8 Å². The predicted molar refractivity (Wildman–Crippen MR) is 58.9 cm³/mol. The summed E-state index contributed by atoms with van der Waals surface area (Å²) in [6.07, 6.45) is 2.58. The van der Waals surface area contributed by atoms with Gasteiger partial charge in [0.05, 0.1) is 6.42 Å². The molecule has 16 heavy (non-hydrogen) atoms. The van der Waals surface area contributed by atoms with E-state index < -0.39 is 11.4 Å². The van der Waals surface area contributed by atoms with Gasteiger partial charge in [-0.2, -0.15) is 0 Å². The fourth-order valence-electron chi connectivity index (χ4n) is 2.71. The van der Waals surface area contributed by atoms with E-state index in [1.54, 1.807) is 6.07 Å². The molecule has 3 heteroatoms. The van der Waals surface area contributed by atoms with Crippen LogP contribution in [0, 0.1) is 12.7 Å². The molecule has 86 valence electrons. The second-order valence-corrected chi connectivity index (χ2v) is 4.64. The number of carbonyl (C=O) groups is 1. The predicted octanol–water partition coefficient (Wildman–Crippen LogP) is 3.03. The van der Waals surface area contributed by atoms with Crippen LogP contribution in [0.3, 0.4) is 0 Å². The summed E-state index contributed by atoms with van der Waals surface area (Å²) < 4.78 is 13.8. The van der Waals surface area contributed by atoms with E-state index in [4.69, 9.17) is 5.11 Å². The number of aryl methyl sites for hydroxylation is 1. The second kappa shape index (κ2) is 3.89. The number of hydrogen-bond acceptors (Lipinski definition) is 1. The maximum atomic E-state index is 13.8. The Kier molecular flexibility index (Phi) is 2.70. The molecule has 2 nitrogen and oxygen atoms in total. The normalized spacial score (nSPS) is 17.9. The number of rotatable bonds is 3. The number of halogens is 1. The molecule has 1 aromatic rings. The van der Waals surface area contributed by atoms with Crippen LogP contribution in [0.5, 0.6) is 0 Å². The molecule has 0 saturated heterocycles. The van der Waals surface area contributed by atoms with Gasteiger partial charge < -0.3 is 5.11 Å². The largest absolute Gasteiger partial charge is 0.481 e. The van der Waals surface area contributed by atoms with Crippen LogP contribution in [0.2, 0.25) is 0 Å². The fraction of sp³-hybridized carbons (Fsp3) is 0.462. The molecule has 1 fully saturated rings. The summed E-state index contributed by atoms with van der Waals surface area (Å²) in [6.45, 7) is 1.85. The second-order valence-electron chi connectivity index (χ2n) is 4.64. The van der Waals surface area contributed by atoms with E-state index in [-0.39, 0.29) is 12.2 Å². The van der Waals surface area contributed by atoms with Gasteiger partial charge >= 0.3 is 5.97 Å². The highest BCUT2D eigenvalue weighted by molar-refractivity contribution is 5.69. The lowest BCUT2D eigenvalue weighted by Gasteiger charge is -2.42. The molecule has 0 bridgehead atoms. The van der Waals surface area contributed by atoms with Crippen LogP contribution in [0.4, 0.5) is 4.39 Å². The van der Waals surface area contributed by atoms with Gasteiger partial charge in [0.25, 0.3) is 0 Å². The third-order valence-corrected chi connectivity index (χ3v) is 3.55. The highest BCUT2D eigenvalue weighted by Gasteiger charge is 2.43. The summed E-state index contributed by atoms with van der Waals surface area (Å²) in [5, 5.41) is 8.93. The van der Waals surface area contributed by atoms with Gasteiger partial charge in [0.15, 0.2) is 0 Å². The Morgan fingerprint density at radius 2 is 2.19 bits per heavy atom. The molecule has 0 heterocycles. The van der Waals surface area contributed by atoms with Crippen molar-refractivity contribution in [1.82, 2.24) is 0 Å². The Hall–Kier alpha value is -1.38. The Labute approximate surface area is 94.1 Å². The average molecular weight is 222 g/mol. The third-order valence-electron chi connectivity index (χ3n) is 3.55. The monoisotopic (exact) mass is 222 g/mol. The summed E-state index contributed by atoms with van der Waals surface area (Å²) in [6, 6.07) is 4.94. The Balaban J connectivity index is 2.44. The Morgan fingerprint density at radius 3 is 2.62 bits per heavy atom. The van der Waals surface area contributed by atoms with Crippen molar-refractivity contribution in [2.45, 2.75) is 38.0 Å². The highest BCUT2D eigenvalue weighted by atomic mass is 19.1. The van der Waals surface area contributed by atoms with Gasteiger partial charge in [-0.25, -0.2) is 4.39 Å². The van der Waals surface area contributed by atoms with Crippen LogP contribution in [0.15, 0.2) is 18.2 Å². The van der Waals surface area contributed by atoms with Gasteiger partial charge in [0.1, 0.15) is 5.82 Å². The summed E-state index contributed by atoms with van der Waals surface area (Å²) in [5.74, 6) is -1.11. The van der Waals surface area contributed by atoms with Gasteiger partial charge in [-0.15, -0.1) is 0 Å². The number of benzene rings is 1. The molecular formula is C13H15FO2. The number of hydrogen-bond donors (Lipinski definition) is 1. The number of carboxylic acids is 1. The maximum absolute atomic E-state index is 13.8. The van der Waals surface area contributed by atoms with Crippen molar-refractivity contribution in [2.75, 3.05) is 0 Å². The molecule has 0 radical (unpaired) electrons. The molecule has 1 saturated carbocycles. The molecule has 0 spiro atoms. The van der Waals surface area contributed by atoms with E-state index >= 15 is 0 Å². The molecule has 2 rings (SSSR count). The molecule has 0 aromatic heterocycles. The third kappa shape index (κ3) is 1.70. The van der Waals surface area contributed by atoms with E-state index in [0.717, 1.165) is 24.8 Å². The minimum Gasteiger partial charge on any atom is -0.481 e. The SMILES string of the molecule is Cc1cccc(F)c1C1(CC(=O)O)CCC1. The molecule has 0 amide bonds. The molecule has 1 N–H and O–H groups in total. The zero-order chi connectivity index (χ0) is 11.8. The first kappa shape index (κ1) is 11.1. The first-order valence-electron chi connectivity index (χ1n) is 5.52. The van der Waals surface area contributed by atoms with Gasteiger partial charge in [0, 0.05) is 5.41 Å². The standard InChI is InChI=1S/C13H15FO2/c1-9-4-2-5-10(14)12(9)13(6-3-7-13)8-11(15)16/h2,4-5H,3,6-8H2,1H3,(H,15,16). The minimum atomic E-state index is -0.845. The minimum absolute atomic E-state index is 0.0365. The lowest BCUT2D eigenvalue weighted by atomic mass is 9.61. The summed E-state index contributed by atoms with van der Waals surface area (Å²) in [7, 11) is 0. The summed E-state index contributed by atoms with van der Waals surface area (Å²) in [5.41, 5.74) is 1.02. The van der Waals surface area contributed by atoms with Gasteiger partial charge in [-0.1, -0.05) is 18.6 Å². The van der Waals surface area contributed by atoms with E-state index in [1.807, 2.05) is 13.0 Å². The van der Waals surface area contributed by atoms with Crippen molar-refractivity contribution in [3.63, 3.8) is 0 Å². The first-order valence-corrected chi connectivity index (χ1v) is 5.52. The Morgan fingerprint density at radius 1 is 1.50 bits per heavy atom. The quantitative estimate of drug-likeness (QED) is 0.853. The topological polar surface area (TPSA) is 37.3 Å². The summed E-state index contributed by atoms with van der Waals surface area (Å²) in [4.78, 5) is 10.9. The lowest BCUT2D eigenvalue weighted by Crippen LogP contribution is -2.38. The van der Waals surface area contributed by atoms with E-state index in [1.165, 1.54) is 6.07 Å². The first-order chi connectivity index (χ1) is 7.55. The van der Waals surface area contributed by atoms with Crippen molar-refractivity contribution in [3.8, 4) is 0 Å². The Bertz CT molecular complexity index is 402. The smallest absolute Gasteiger partial charge is 0.304 e. The van der Waals surface area contributed by atoms with Gasteiger partial charge in [-0.05, 0) is 37.0 Å². The molecule has 0 atom stereocenters. The molecular weight excluding hydrogens is 207 g/mol. The van der Waals surface area contributed by atoms with Crippen LogP contribution >= 0.6 is 0 Å². The van der Waals surface area contributed by atoms with E-state index in [9.17, 15) is 9.18 Å². The van der Waals surface area contributed by atoms with E-state index in [0.29, 0.717) is 5.56 Å². The number of aliphatic carboxylic acids is 1. The fourth-order valence-corrected chi connectivity index (χ4v) is 2.71.